The Hall–Kier alpha value is -1.66. The molecule has 0 bridgehead atoms. The largest absolute Gasteiger partial charge is 0.337 e. The third-order valence-electron chi connectivity index (χ3n) is 3.61. The Morgan fingerprint density at radius 1 is 1.52 bits per heavy atom. The van der Waals surface area contributed by atoms with Crippen LogP contribution in [-0.2, 0) is 0 Å². The lowest BCUT2D eigenvalue weighted by Crippen LogP contribution is -2.41. The average molecular weight is 312 g/mol. The van der Waals surface area contributed by atoms with Gasteiger partial charge in [0.15, 0.2) is 0 Å². The lowest BCUT2D eigenvalue weighted by molar-refractivity contribution is -0.384. The summed E-state index contributed by atoms with van der Waals surface area (Å²) in [5.41, 5.74) is 0.0925. The quantitative estimate of drug-likeness (QED) is 0.669. The van der Waals surface area contributed by atoms with Crippen molar-refractivity contribution < 1.29 is 9.72 Å². The Morgan fingerprint density at radius 2 is 2.29 bits per heavy atom. The lowest BCUT2D eigenvalue weighted by atomic mass is 10.1. The number of benzene rings is 1. The number of nitrogens with zero attached hydrogens (tertiary/aromatic N) is 2. The van der Waals surface area contributed by atoms with Crippen LogP contribution in [0.4, 0.5) is 5.69 Å². The van der Waals surface area contributed by atoms with Gasteiger partial charge in [0.05, 0.1) is 4.92 Å². The van der Waals surface area contributed by atoms with Gasteiger partial charge in [-0.3, -0.25) is 14.9 Å². The molecule has 1 heterocycles. The van der Waals surface area contributed by atoms with E-state index in [9.17, 15) is 14.9 Å². The summed E-state index contributed by atoms with van der Waals surface area (Å²) in [6.07, 6.45) is 2.15. The molecule has 0 aromatic heterocycles. The standard InChI is InChI=1S/C14H18ClN3O3/c1-2-17(9-12-4-3-5-16-12)14(19)10-6-11(15)8-13(7-10)18(20)21/h6-8,12,16H,2-5,9H2,1H3. The second-order valence-corrected chi connectivity index (χ2v) is 5.53. The van der Waals surface area contributed by atoms with E-state index in [2.05, 4.69) is 5.32 Å². The van der Waals surface area contributed by atoms with E-state index in [1.54, 1.807) is 4.90 Å². The number of hydrogen-bond donors (Lipinski definition) is 1. The van der Waals surface area contributed by atoms with Crippen LogP contribution in [0.1, 0.15) is 30.1 Å². The molecule has 1 atom stereocenters. The molecule has 1 aromatic rings. The molecule has 1 aromatic carbocycles. The fraction of sp³-hybridized carbons (Fsp3) is 0.500. The van der Waals surface area contributed by atoms with Gasteiger partial charge in [0.2, 0.25) is 0 Å². The third-order valence-corrected chi connectivity index (χ3v) is 3.83. The Balaban J connectivity index is 2.18. The molecule has 1 aliphatic rings. The second-order valence-electron chi connectivity index (χ2n) is 5.09. The zero-order valence-electron chi connectivity index (χ0n) is 11.8. The van der Waals surface area contributed by atoms with Gasteiger partial charge in [-0.25, -0.2) is 0 Å². The number of hydrogen-bond acceptors (Lipinski definition) is 4. The van der Waals surface area contributed by atoms with E-state index in [1.165, 1.54) is 18.2 Å². The smallest absolute Gasteiger partial charge is 0.271 e. The first-order valence-electron chi connectivity index (χ1n) is 6.99. The van der Waals surface area contributed by atoms with Crippen molar-refractivity contribution in [2.45, 2.75) is 25.8 Å². The highest BCUT2D eigenvalue weighted by molar-refractivity contribution is 6.31. The van der Waals surface area contributed by atoms with Gasteiger partial charge in [-0.2, -0.15) is 0 Å². The SMILES string of the molecule is CCN(CC1CCCN1)C(=O)c1cc(Cl)cc([N+](=O)[O-])c1. The summed E-state index contributed by atoms with van der Waals surface area (Å²) in [4.78, 5) is 24.5. The van der Waals surface area contributed by atoms with E-state index in [0.29, 0.717) is 19.1 Å². The molecule has 1 unspecified atom stereocenters. The minimum absolute atomic E-state index is 0.166. The maximum Gasteiger partial charge on any atom is 0.271 e. The van der Waals surface area contributed by atoms with Crippen LogP contribution in [0.5, 0.6) is 0 Å². The van der Waals surface area contributed by atoms with Crippen LogP contribution >= 0.6 is 11.6 Å². The predicted octanol–water partition coefficient (Wildman–Crippen LogP) is 2.46. The molecule has 1 aliphatic heterocycles. The minimum Gasteiger partial charge on any atom is -0.337 e. The molecule has 21 heavy (non-hydrogen) atoms. The monoisotopic (exact) mass is 311 g/mol. The molecule has 0 spiro atoms. The molecule has 1 N–H and O–H groups in total. The number of nitro groups is 1. The van der Waals surface area contributed by atoms with Crippen LogP contribution in [0.2, 0.25) is 5.02 Å². The number of halogens is 1. The molecule has 6 nitrogen and oxygen atoms in total. The van der Waals surface area contributed by atoms with Crippen LogP contribution < -0.4 is 5.32 Å². The minimum atomic E-state index is -0.544. The number of nitrogens with one attached hydrogen (secondary N) is 1. The number of carbonyl (C=O) groups excluding carboxylic acids is 1. The molecule has 1 amide bonds. The summed E-state index contributed by atoms with van der Waals surface area (Å²) < 4.78 is 0. The van der Waals surface area contributed by atoms with E-state index in [0.717, 1.165) is 19.4 Å². The highest BCUT2D eigenvalue weighted by Crippen LogP contribution is 2.22. The zero-order valence-corrected chi connectivity index (χ0v) is 12.6. The van der Waals surface area contributed by atoms with Gasteiger partial charge in [0.1, 0.15) is 0 Å². The Bertz CT molecular complexity index is 544. The van der Waals surface area contributed by atoms with Crippen LogP contribution in [0, 0.1) is 10.1 Å². The third kappa shape index (κ3) is 3.92. The van der Waals surface area contributed by atoms with Gasteiger partial charge in [-0.05, 0) is 32.4 Å². The highest BCUT2D eigenvalue weighted by atomic mass is 35.5. The Labute approximate surface area is 128 Å². The van der Waals surface area contributed by atoms with E-state index < -0.39 is 4.92 Å². The summed E-state index contributed by atoms with van der Waals surface area (Å²) in [6.45, 7) is 4.03. The molecule has 0 radical (unpaired) electrons. The number of non-ortho nitro benzene ring substituents is 1. The van der Waals surface area contributed by atoms with Gasteiger partial charge >= 0.3 is 0 Å². The van der Waals surface area contributed by atoms with Crippen molar-refractivity contribution in [3.8, 4) is 0 Å². The van der Waals surface area contributed by atoms with Gasteiger partial charge in [0, 0.05) is 41.9 Å². The summed E-state index contributed by atoms with van der Waals surface area (Å²) >= 11 is 5.87. The van der Waals surface area contributed by atoms with Gasteiger partial charge < -0.3 is 10.2 Å². The number of amides is 1. The van der Waals surface area contributed by atoms with E-state index in [-0.39, 0.29) is 22.2 Å². The molecule has 0 saturated carbocycles. The zero-order chi connectivity index (χ0) is 15.4. The second kappa shape index (κ2) is 6.87. The molecule has 7 heteroatoms. The molecular weight excluding hydrogens is 294 g/mol. The normalized spacial score (nSPS) is 17.7. The molecule has 114 valence electrons. The van der Waals surface area contributed by atoms with Crippen LogP contribution in [0.3, 0.4) is 0 Å². The molecule has 0 aliphatic carbocycles. The average Bonchev–Trinajstić information content (AvgIpc) is 2.96. The summed E-state index contributed by atoms with van der Waals surface area (Å²) in [5, 5.41) is 14.4. The first kappa shape index (κ1) is 15.7. The predicted molar refractivity (Wildman–Crippen MR) is 80.7 cm³/mol. The number of rotatable bonds is 5. The fourth-order valence-electron chi connectivity index (χ4n) is 2.52. The van der Waals surface area contributed by atoms with E-state index >= 15 is 0 Å². The first-order valence-corrected chi connectivity index (χ1v) is 7.36. The molecule has 2 rings (SSSR count). The van der Waals surface area contributed by atoms with Gasteiger partial charge in [-0.15, -0.1) is 0 Å². The molecular formula is C14H18ClN3O3. The molecule has 1 saturated heterocycles. The van der Waals surface area contributed by atoms with Crippen LogP contribution in [-0.4, -0.2) is 41.4 Å². The van der Waals surface area contributed by atoms with Crippen molar-refractivity contribution in [1.29, 1.82) is 0 Å². The molecule has 1 fully saturated rings. The number of carbonyl (C=O) groups is 1. The number of likely N-dealkylation sites (N-methyl/N-ethyl adjacent to an activating group) is 1. The van der Waals surface area contributed by atoms with Crippen molar-refractivity contribution in [2.75, 3.05) is 19.6 Å². The summed E-state index contributed by atoms with van der Waals surface area (Å²) in [7, 11) is 0. The fourth-order valence-corrected chi connectivity index (χ4v) is 2.75. The highest BCUT2D eigenvalue weighted by Gasteiger charge is 2.23. The van der Waals surface area contributed by atoms with Gasteiger partial charge in [-0.1, -0.05) is 11.6 Å². The maximum absolute atomic E-state index is 12.5. The van der Waals surface area contributed by atoms with Crippen molar-refractivity contribution >= 4 is 23.2 Å². The van der Waals surface area contributed by atoms with Crippen molar-refractivity contribution in [1.82, 2.24) is 10.2 Å². The topological polar surface area (TPSA) is 75.5 Å². The summed E-state index contributed by atoms with van der Waals surface area (Å²) in [5.74, 6) is -0.225. The van der Waals surface area contributed by atoms with Crippen molar-refractivity contribution in [3.05, 3.63) is 38.9 Å². The van der Waals surface area contributed by atoms with Crippen molar-refractivity contribution in [3.63, 3.8) is 0 Å². The van der Waals surface area contributed by atoms with Crippen LogP contribution in [0.15, 0.2) is 18.2 Å². The van der Waals surface area contributed by atoms with Crippen molar-refractivity contribution in [2.24, 2.45) is 0 Å². The Kier molecular flexibility index (Phi) is 5.14. The lowest BCUT2D eigenvalue weighted by Gasteiger charge is -2.24. The summed E-state index contributed by atoms with van der Waals surface area (Å²) in [6, 6.07) is 4.29. The maximum atomic E-state index is 12.5. The Morgan fingerprint density at radius 3 is 2.86 bits per heavy atom. The van der Waals surface area contributed by atoms with E-state index in [1.807, 2.05) is 6.92 Å². The van der Waals surface area contributed by atoms with E-state index in [4.69, 9.17) is 11.6 Å². The first-order chi connectivity index (χ1) is 10.0. The van der Waals surface area contributed by atoms with Crippen LogP contribution in [0.25, 0.3) is 0 Å². The van der Waals surface area contributed by atoms with Gasteiger partial charge in [0.25, 0.3) is 11.6 Å². The number of nitro benzene ring substituents is 1.